The summed E-state index contributed by atoms with van der Waals surface area (Å²) < 4.78 is 29.2. The van der Waals surface area contributed by atoms with Crippen LogP contribution in [-0.4, -0.2) is 77.1 Å². The number of nitrogens with zero attached hydrogens (tertiary/aromatic N) is 7. The molecule has 0 radical (unpaired) electrons. The maximum atomic E-state index is 12.3. The van der Waals surface area contributed by atoms with Gasteiger partial charge in [0.15, 0.2) is 0 Å². The minimum atomic E-state index is -3.38. The zero-order valence-corrected chi connectivity index (χ0v) is 17.1. The van der Waals surface area contributed by atoms with Crippen molar-refractivity contribution < 1.29 is 8.42 Å². The Kier molecular flexibility index (Phi) is 5.78. The van der Waals surface area contributed by atoms with Gasteiger partial charge in [0.1, 0.15) is 0 Å². The van der Waals surface area contributed by atoms with Crippen LogP contribution in [0, 0.1) is 6.92 Å². The lowest BCUT2D eigenvalue weighted by Crippen LogP contribution is -2.52. The number of aromatic nitrogens is 4. The van der Waals surface area contributed by atoms with E-state index in [2.05, 4.69) is 17.0 Å². The number of hydrogen-bond acceptors (Lipinski definition) is 6. The molecule has 1 saturated heterocycles. The van der Waals surface area contributed by atoms with Gasteiger partial charge in [-0.1, -0.05) is 6.92 Å². The van der Waals surface area contributed by atoms with Crippen molar-refractivity contribution >= 4 is 16.2 Å². The molecule has 9 nitrogen and oxygen atoms in total. The first-order chi connectivity index (χ1) is 12.8. The van der Waals surface area contributed by atoms with Crippen molar-refractivity contribution in [3.63, 3.8) is 0 Å². The lowest BCUT2D eigenvalue weighted by molar-refractivity contribution is 0.354. The molecule has 0 atom stereocenters. The van der Waals surface area contributed by atoms with Gasteiger partial charge in [0, 0.05) is 64.3 Å². The van der Waals surface area contributed by atoms with E-state index in [0.29, 0.717) is 32.1 Å². The molecule has 1 aliphatic heterocycles. The summed E-state index contributed by atoms with van der Waals surface area (Å²) in [6.07, 6.45) is 4.62. The number of piperazine rings is 1. The molecule has 0 aromatic carbocycles. The van der Waals surface area contributed by atoms with Crippen LogP contribution in [0.4, 0.5) is 5.95 Å². The first kappa shape index (κ1) is 19.7. The van der Waals surface area contributed by atoms with Crippen LogP contribution in [0.2, 0.25) is 0 Å². The highest BCUT2D eigenvalue weighted by Gasteiger charge is 2.29. The molecule has 2 aromatic rings. The summed E-state index contributed by atoms with van der Waals surface area (Å²) in [4.78, 5) is 11.1. The largest absolute Gasteiger partial charge is 0.338 e. The Bertz CT molecular complexity index is 886. The third-order valence-electron chi connectivity index (χ3n) is 4.77. The second kappa shape index (κ2) is 7.91. The van der Waals surface area contributed by atoms with E-state index in [-0.39, 0.29) is 0 Å². The van der Waals surface area contributed by atoms with E-state index < -0.39 is 10.2 Å². The molecule has 0 aliphatic carbocycles. The topological polar surface area (TPSA) is 87.5 Å². The van der Waals surface area contributed by atoms with Crippen LogP contribution >= 0.6 is 0 Å². The van der Waals surface area contributed by atoms with Crippen molar-refractivity contribution in [2.75, 3.05) is 45.2 Å². The first-order valence-corrected chi connectivity index (χ1v) is 10.5. The predicted octanol–water partition coefficient (Wildman–Crippen LogP) is 0.987. The van der Waals surface area contributed by atoms with Crippen LogP contribution in [0.5, 0.6) is 0 Å². The summed E-state index contributed by atoms with van der Waals surface area (Å²) >= 11 is 0. The summed E-state index contributed by atoms with van der Waals surface area (Å²) in [5.41, 5.74) is 2.92. The molecule has 148 valence electrons. The Labute approximate surface area is 160 Å². The van der Waals surface area contributed by atoms with Gasteiger partial charge < -0.3 is 4.90 Å². The molecule has 0 bridgehead atoms. The Balaban J connectivity index is 1.76. The molecule has 27 heavy (non-hydrogen) atoms. The maximum Gasteiger partial charge on any atom is 0.281 e. The van der Waals surface area contributed by atoms with Crippen molar-refractivity contribution in [1.29, 1.82) is 0 Å². The normalized spacial score (nSPS) is 16.3. The second-order valence-electron chi connectivity index (χ2n) is 6.78. The highest BCUT2D eigenvalue weighted by atomic mass is 32.2. The van der Waals surface area contributed by atoms with Crippen molar-refractivity contribution in [3.05, 3.63) is 24.2 Å². The smallest absolute Gasteiger partial charge is 0.281 e. The molecule has 1 fully saturated rings. The van der Waals surface area contributed by atoms with Crippen LogP contribution in [0.25, 0.3) is 11.3 Å². The predicted molar refractivity (Wildman–Crippen MR) is 105 cm³/mol. The molecule has 10 heteroatoms. The Morgan fingerprint density at radius 3 is 2.52 bits per heavy atom. The monoisotopic (exact) mass is 393 g/mol. The number of hydrogen-bond donors (Lipinski definition) is 0. The molecule has 3 heterocycles. The molecule has 0 unspecified atom stereocenters. The Morgan fingerprint density at radius 2 is 1.89 bits per heavy atom. The third kappa shape index (κ3) is 3.97. The third-order valence-corrected chi connectivity index (χ3v) is 6.71. The van der Waals surface area contributed by atoms with Crippen molar-refractivity contribution in [1.82, 2.24) is 28.4 Å². The minimum absolute atomic E-state index is 0.418. The van der Waals surface area contributed by atoms with Gasteiger partial charge in [-0.25, -0.2) is 9.97 Å². The molecular formula is C17H27N7O2S. The fraction of sp³-hybridized carbons (Fsp3) is 0.588. The molecule has 2 aromatic heterocycles. The quantitative estimate of drug-likeness (QED) is 0.727. The molecular weight excluding hydrogens is 366 g/mol. The van der Waals surface area contributed by atoms with E-state index in [0.717, 1.165) is 29.9 Å². The average Bonchev–Trinajstić information content (AvgIpc) is 3.03. The zero-order valence-electron chi connectivity index (χ0n) is 16.3. The van der Waals surface area contributed by atoms with Gasteiger partial charge in [0.2, 0.25) is 5.95 Å². The van der Waals surface area contributed by atoms with Crippen LogP contribution in [0.15, 0.2) is 18.5 Å². The fourth-order valence-corrected chi connectivity index (χ4v) is 4.22. The highest BCUT2D eigenvalue weighted by Crippen LogP contribution is 2.23. The van der Waals surface area contributed by atoms with E-state index in [1.54, 1.807) is 20.3 Å². The first-order valence-electron chi connectivity index (χ1n) is 9.13. The zero-order chi connectivity index (χ0) is 19.6. The summed E-state index contributed by atoms with van der Waals surface area (Å²) in [6.45, 7) is 7.01. The van der Waals surface area contributed by atoms with Crippen LogP contribution in [0.3, 0.4) is 0 Å². The average molecular weight is 394 g/mol. The number of rotatable bonds is 6. The van der Waals surface area contributed by atoms with Crippen molar-refractivity contribution in [2.24, 2.45) is 0 Å². The van der Waals surface area contributed by atoms with E-state index in [9.17, 15) is 8.42 Å². The van der Waals surface area contributed by atoms with E-state index in [1.165, 1.54) is 8.61 Å². The Hall–Kier alpha value is -2.04. The molecule has 3 rings (SSSR count). The standard InChI is InChI=1S/C17H27N7O2S/c1-5-8-24-14(2)15(13-19-24)16-6-7-18-17(20-16)22-9-11-23(12-10-22)27(25,26)21(3)4/h6-7,13H,5,8-12H2,1-4H3. The van der Waals surface area contributed by atoms with E-state index in [4.69, 9.17) is 4.98 Å². The summed E-state index contributed by atoms with van der Waals surface area (Å²) in [7, 11) is -0.275. The fourth-order valence-electron chi connectivity index (χ4n) is 3.14. The maximum absolute atomic E-state index is 12.3. The van der Waals surface area contributed by atoms with Crippen molar-refractivity contribution in [2.45, 2.75) is 26.8 Å². The minimum Gasteiger partial charge on any atom is -0.338 e. The van der Waals surface area contributed by atoms with Gasteiger partial charge in [-0.05, 0) is 19.4 Å². The van der Waals surface area contributed by atoms with Gasteiger partial charge in [0.25, 0.3) is 10.2 Å². The van der Waals surface area contributed by atoms with E-state index in [1.807, 2.05) is 28.8 Å². The number of anilines is 1. The van der Waals surface area contributed by atoms with Gasteiger partial charge in [0.05, 0.1) is 11.9 Å². The lowest BCUT2D eigenvalue weighted by atomic mass is 10.2. The van der Waals surface area contributed by atoms with E-state index >= 15 is 0 Å². The van der Waals surface area contributed by atoms with Gasteiger partial charge in [-0.3, -0.25) is 4.68 Å². The van der Waals surface area contributed by atoms with Gasteiger partial charge in [-0.15, -0.1) is 0 Å². The van der Waals surface area contributed by atoms with Gasteiger partial charge >= 0.3 is 0 Å². The van der Waals surface area contributed by atoms with Crippen molar-refractivity contribution in [3.8, 4) is 11.3 Å². The van der Waals surface area contributed by atoms with Crippen LogP contribution in [-0.2, 0) is 16.8 Å². The molecule has 1 aliphatic rings. The summed E-state index contributed by atoms with van der Waals surface area (Å²) in [5.74, 6) is 0.622. The summed E-state index contributed by atoms with van der Waals surface area (Å²) in [6, 6.07) is 1.89. The number of aryl methyl sites for hydroxylation is 1. The van der Waals surface area contributed by atoms with Crippen LogP contribution in [0.1, 0.15) is 19.0 Å². The van der Waals surface area contributed by atoms with Crippen LogP contribution < -0.4 is 4.90 Å². The molecule has 0 N–H and O–H groups in total. The highest BCUT2D eigenvalue weighted by molar-refractivity contribution is 7.86. The SMILES string of the molecule is CCCn1ncc(-c2ccnc(N3CCN(S(=O)(=O)N(C)C)CC3)n2)c1C. The molecule has 0 saturated carbocycles. The molecule has 0 amide bonds. The van der Waals surface area contributed by atoms with Gasteiger partial charge in [-0.2, -0.15) is 22.1 Å². The molecule has 0 spiro atoms. The lowest BCUT2D eigenvalue weighted by Gasteiger charge is -2.35. The Morgan fingerprint density at radius 1 is 1.19 bits per heavy atom. The summed E-state index contributed by atoms with van der Waals surface area (Å²) in [5, 5.41) is 4.44. The second-order valence-corrected chi connectivity index (χ2v) is 8.93.